The molecule has 0 saturated carbocycles. The fourth-order valence-corrected chi connectivity index (χ4v) is 7.06. The fourth-order valence-electron chi connectivity index (χ4n) is 7.06. The van der Waals surface area contributed by atoms with Crippen molar-refractivity contribution >= 4 is 34.0 Å². The SMILES string of the molecule is CC1=CC(C)(C)N(Cc2ccccc2)c2ccc([C@H]3C4=C(CC(C)(C)CC4=O)Nc4nc5ccccc5n43)cc21. The van der Waals surface area contributed by atoms with E-state index in [-0.39, 0.29) is 22.8 Å². The number of hydrogen-bond donors (Lipinski definition) is 1. The molecule has 0 bridgehead atoms. The number of nitrogens with one attached hydrogen (secondary N) is 1. The zero-order chi connectivity index (χ0) is 27.8. The number of aromatic nitrogens is 2. The monoisotopic (exact) mass is 528 g/mol. The number of ketones is 1. The molecular formula is C35H36N4O. The minimum Gasteiger partial charge on any atom is -0.358 e. The zero-order valence-corrected chi connectivity index (χ0v) is 24.0. The summed E-state index contributed by atoms with van der Waals surface area (Å²) in [5.41, 5.74) is 9.80. The number of nitrogens with zero attached hydrogens (tertiary/aromatic N) is 3. The summed E-state index contributed by atoms with van der Waals surface area (Å²) in [5, 5.41) is 3.58. The van der Waals surface area contributed by atoms with Gasteiger partial charge in [-0.1, -0.05) is 68.5 Å². The van der Waals surface area contributed by atoms with Crippen molar-refractivity contribution in [2.45, 2.75) is 65.6 Å². The first-order valence-electron chi connectivity index (χ1n) is 14.3. The van der Waals surface area contributed by atoms with Gasteiger partial charge in [0.2, 0.25) is 5.95 Å². The molecular weight excluding hydrogens is 492 g/mol. The van der Waals surface area contributed by atoms with Gasteiger partial charge < -0.3 is 10.2 Å². The third kappa shape index (κ3) is 3.90. The van der Waals surface area contributed by atoms with E-state index in [1.807, 2.05) is 18.2 Å². The maximum absolute atomic E-state index is 13.8. The van der Waals surface area contributed by atoms with Gasteiger partial charge in [-0.05, 0) is 73.6 Å². The number of rotatable bonds is 3. The van der Waals surface area contributed by atoms with E-state index in [0.29, 0.717) is 6.42 Å². The van der Waals surface area contributed by atoms with E-state index < -0.39 is 0 Å². The van der Waals surface area contributed by atoms with Crippen molar-refractivity contribution in [3.05, 3.63) is 107 Å². The Kier molecular flexibility index (Phi) is 5.41. The van der Waals surface area contributed by atoms with E-state index in [9.17, 15) is 4.79 Å². The van der Waals surface area contributed by atoms with Gasteiger partial charge in [-0.25, -0.2) is 4.98 Å². The van der Waals surface area contributed by atoms with Crippen LogP contribution in [0.25, 0.3) is 16.6 Å². The molecule has 0 amide bonds. The van der Waals surface area contributed by atoms with Crippen molar-refractivity contribution < 1.29 is 4.79 Å². The van der Waals surface area contributed by atoms with Crippen LogP contribution >= 0.6 is 0 Å². The standard InChI is InChI=1S/C35H36N4O/c1-22-18-35(4,5)38(21-23-11-7-6-8-12-23)28-16-15-24(17-25(22)28)32-31-27(19-34(2,3)20-30(31)40)37-33-36-26-13-9-10-14-29(26)39(32)33/h6-18,32H,19-21H2,1-5H3,(H,36,37)/t32-/m0/s1. The highest BCUT2D eigenvalue weighted by Gasteiger charge is 2.42. The lowest BCUT2D eigenvalue weighted by Gasteiger charge is -2.44. The second-order valence-corrected chi connectivity index (χ2v) is 13.0. The number of carbonyl (C=O) groups excluding carboxylic acids is 1. The van der Waals surface area contributed by atoms with E-state index >= 15 is 0 Å². The van der Waals surface area contributed by atoms with Gasteiger partial charge in [-0.15, -0.1) is 0 Å². The van der Waals surface area contributed by atoms with Gasteiger partial charge in [0, 0.05) is 35.5 Å². The number of fused-ring (bicyclic) bond motifs is 4. The normalized spacial score (nSPS) is 20.9. The first-order chi connectivity index (χ1) is 19.1. The highest BCUT2D eigenvalue weighted by atomic mass is 16.1. The molecule has 1 aromatic heterocycles. The summed E-state index contributed by atoms with van der Waals surface area (Å²) in [6.07, 6.45) is 3.76. The molecule has 0 spiro atoms. The van der Waals surface area contributed by atoms with Gasteiger partial charge in [0.25, 0.3) is 0 Å². The highest BCUT2D eigenvalue weighted by Crippen LogP contribution is 2.49. The quantitative estimate of drug-likeness (QED) is 0.294. The molecule has 0 fully saturated rings. The van der Waals surface area contributed by atoms with Crippen LogP contribution in [0.5, 0.6) is 0 Å². The van der Waals surface area contributed by atoms with Gasteiger partial charge >= 0.3 is 0 Å². The van der Waals surface area contributed by atoms with E-state index in [4.69, 9.17) is 4.98 Å². The predicted molar refractivity (Wildman–Crippen MR) is 163 cm³/mol. The average molecular weight is 529 g/mol. The Labute approximate surface area is 236 Å². The van der Waals surface area contributed by atoms with Crippen molar-refractivity contribution in [2.75, 3.05) is 10.2 Å². The third-order valence-electron chi connectivity index (χ3n) is 8.81. The molecule has 202 valence electrons. The Morgan fingerprint density at radius 3 is 2.50 bits per heavy atom. The van der Waals surface area contributed by atoms with Gasteiger partial charge in [0.15, 0.2) is 5.78 Å². The summed E-state index contributed by atoms with van der Waals surface area (Å²) < 4.78 is 2.24. The first kappa shape index (κ1) is 24.9. The van der Waals surface area contributed by atoms with Crippen molar-refractivity contribution in [1.82, 2.24) is 9.55 Å². The fraction of sp³-hybridized carbons (Fsp3) is 0.314. The molecule has 7 rings (SSSR count). The van der Waals surface area contributed by atoms with E-state index in [1.165, 1.54) is 22.4 Å². The Balaban J connectivity index is 1.41. The van der Waals surface area contributed by atoms with Crippen molar-refractivity contribution in [3.63, 3.8) is 0 Å². The van der Waals surface area contributed by atoms with Crippen LogP contribution in [0, 0.1) is 5.41 Å². The highest BCUT2D eigenvalue weighted by molar-refractivity contribution is 6.01. The topological polar surface area (TPSA) is 50.2 Å². The molecule has 1 aliphatic carbocycles. The Morgan fingerprint density at radius 1 is 0.950 bits per heavy atom. The molecule has 3 aromatic carbocycles. The van der Waals surface area contributed by atoms with Crippen LogP contribution in [-0.2, 0) is 11.3 Å². The number of hydrogen-bond acceptors (Lipinski definition) is 4. The number of anilines is 2. The molecule has 4 aromatic rings. The molecule has 40 heavy (non-hydrogen) atoms. The Morgan fingerprint density at radius 2 is 1.70 bits per heavy atom. The smallest absolute Gasteiger partial charge is 0.209 e. The molecule has 0 saturated heterocycles. The number of allylic oxidation sites excluding steroid dienone is 3. The zero-order valence-electron chi connectivity index (χ0n) is 24.0. The lowest BCUT2D eigenvalue weighted by molar-refractivity contribution is -0.118. The number of carbonyl (C=O) groups is 1. The van der Waals surface area contributed by atoms with Crippen LogP contribution in [0.3, 0.4) is 0 Å². The summed E-state index contributed by atoms with van der Waals surface area (Å²) in [5.74, 6) is 1.04. The summed E-state index contributed by atoms with van der Waals surface area (Å²) in [6.45, 7) is 12.0. The molecule has 5 nitrogen and oxygen atoms in total. The van der Waals surface area contributed by atoms with Crippen molar-refractivity contribution in [2.24, 2.45) is 5.41 Å². The molecule has 3 aliphatic rings. The van der Waals surface area contributed by atoms with E-state index in [1.54, 1.807) is 0 Å². The number of Topliss-reactive ketones (excluding diaryl/α,β-unsaturated/α-hetero) is 1. The Hall–Kier alpha value is -4.12. The van der Waals surface area contributed by atoms with Crippen LogP contribution in [-0.4, -0.2) is 20.9 Å². The second-order valence-electron chi connectivity index (χ2n) is 13.0. The molecule has 0 radical (unpaired) electrons. The molecule has 5 heteroatoms. The number of benzene rings is 3. The second kappa shape index (κ2) is 8.69. The first-order valence-corrected chi connectivity index (χ1v) is 14.3. The summed E-state index contributed by atoms with van der Waals surface area (Å²) >= 11 is 0. The van der Waals surface area contributed by atoms with Gasteiger partial charge in [-0.2, -0.15) is 0 Å². The minimum absolute atomic E-state index is 0.0830. The average Bonchev–Trinajstić information content (AvgIpc) is 3.27. The molecule has 1 atom stereocenters. The lowest BCUT2D eigenvalue weighted by Crippen LogP contribution is -2.44. The van der Waals surface area contributed by atoms with Gasteiger partial charge in [0.05, 0.1) is 22.6 Å². The van der Waals surface area contributed by atoms with Crippen LogP contribution in [0.15, 0.2) is 90.1 Å². The Bertz CT molecular complexity index is 1740. The third-order valence-corrected chi connectivity index (χ3v) is 8.81. The summed E-state index contributed by atoms with van der Waals surface area (Å²) in [6, 6.07) is 25.5. The van der Waals surface area contributed by atoms with Crippen LogP contribution in [0.2, 0.25) is 0 Å². The van der Waals surface area contributed by atoms with Crippen LogP contribution in [0.1, 0.15) is 70.2 Å². The molecule has 3 heterocycles. The maximum Gasteiger partial charge on any atom is 0.209 e. The predicted octanol–water partition coefficient (Wildman–Crippen LogP) is 7.90. The maximum atomic E-state index is 13.8. The summed E-state index contributed by atoms with van der Waals surface area (Å²) in [4.78, 5) is 21.3. The van der Waals surface area contributed by atoms with Gasteiger partial charge in [0.1, 0.15) is 0 Å². The molecule has 1 N–H and O–H groups in total. The van der Waals surface area contributed by atoms with E-state index in [0.717, 1.165) is 46.8 Å². The lowest BCUT2D eigenvalue weighted by atomic mass is 9.72. The number of para-hydroxylation sites is 2. The largest absolute Gasteiger partial charge is 0.358 e. The molecule has 0 unspecified atom stereocenters. The van der Waals surface area contributed by atoms with Crippen molar-refractivity contribution in [3.8, 4) is 0 Å². The van der Waals surface area contributed by atoms with Crippen LogP contribution < -0.4 is 10.2 Å². The number of imidazole rings is 1. The summed E-state index contributed by atoms with van der Waals surface area (Å²) in [7, 11) is 0. The molecule has 2 aliphatic heterocycles. The van der Waals surface area contributed by atoms with E-state index in [2.05, 4.69) is 110 Å². The van der Waals surface area contributed by atoms with Gasteiger partial charge in [-0.3, -0.25) is 9.36 Å². The minimum atomic E-state index is -0.224. The van der Waals surface area contributed by atoms with Crippen molar-refractivity contribution in [1.29, 1.82) is 0 Å². The van der Waals surface area contributed by atoms with Crippen LogP contribution in [0.4, 0.5) is 11.6 Å².